The molecule has 3 aromatic rings. The first kappa shape index (κ1) is 23.7. The van der Waals surface area contributed by atoms with Gasteiger partial charge < -0.3 is 19.7 Å². The van der Waals surface area contributed by atoms with Gasteiger partial charge in [0.05, 0.1) is 6.33 Å². The van der Waals surface area contributed by atoms with Crippen LogP contribution in [0.5, 0.6) is 0 Å². The average molecular weight is 468 g/mol. The lowest BCUT2D eigenvalue weighted by Crippen LogP contribution is -2.46. The predicted molar refractivity (Wildman–Crippen MR) is 134 cm³/mol. The molecule has 4 rings (SSSR count). The molecule has 1 aliphatic heterocycles. The van der Waals surface area contributed by atoms with Crippen molar-refractivity contribution < 1.29 is 4.79 Å². The molecule has 0 bridgehead atoms. The quantitative estimate of drug-likeness (QED) is 0.563. The number of nitrogens with zero attached hydrogens (tertiary/aromatic N) is 6. The third kappa shape index (κ3) is 4.63. The summed E-state index contributed by atoms with van der Waals surface area (Å²) in [5.74, 6) is -0.0721. The van der Waals surface area contributed by atoms with Crippen LogP contribution in [0.3, 0.4) is 0 Å². The first-order chi connectivity index (χ1) is 16.3. The summed E-state index contributed by atoms with van der Waals surface area (Å²) in [6.07, 6.45) is 2.40. The molecule has 2 aromatic heterocycles. The Kier molecular flexibility index (Phi) is 6.87. The van der Waals surface area contributed by atoms with E-state index in [1.807, 2.05) is 13.0 Å². The van der Waals surface area contributed by atoms with Crippen molar-refractivity contribution in [2.45, 2.75) is 33.2 Å². The lowest BCUT2D eigenvalue weighted by molar-refractivity contribution is -0.116. The third-order valence-corrected chi connectivity index (χ3v) is 6.69. The Morgan fingerprint density at radius 2 is 1.82 bits per heavy atom. The zero-order valence-electron chi connectivity index (χ0n) is 20.4. The molecule has 0 unspecified atom stereocenters. The number of hydrogen-bond acceptors (Lipinski definition) is 6. The van der Waals surface area contributed by atoms with E-state index in [-0.39, 0.29) is 11.5 Å². The number of fused-ring (bicyclic) bond motifs is 1. The molecule has 1 aliphatic rings. The van der Waals surface area contributed by atoms with Gasteiger partial charge in [-0.3, -0.25) is 18.7 Å². The van der Waals surface area contributed by atoms with Crippen molar-refractivity contribution in [3.05, 3.63) is 50.9 Å². The summed E-state index contributed by atoms with van der Waals surface area (Å²) in [5, 5.41) is 3.01. The van der Waals surface area contributed by atoms with Crippen LogP contribution in [0.2, 0.25) is 0 Å². The van der Waals surface area contributed by atoms with Crippen molar-refractivity contribution in [2.24, 2.45) is 14.1 Å². The lowest BCUT2D eigenvalue weighted by atomic mass is 10.1. The van der Waals surface area contributed by atoms with Crippen LogP contribution in [0.4, 0.5) is 11.4 Å². The zero-order chi connectivity index (χ0) is 24.4. The van der Waals surface area contributed by atoms with E-state index < -0.39 is 5.69 Å². The number of carbonyl (C=O) groups excluding carboxylic acids is 1. The van der Waals surface area contributed by atoms with Crippen LogP contribution >= 0.6 is 0 Å². The van der Waals surface area contributed by atoms with Crippen LogP contribution in [0.15, 0.2) is 34.1 Å². The minimum Gasteiger partial charge on any atom is -0.369 e. The number of likely N-dealkylation sites (N-methyl/N-ethyl adjacent to an activating group) is 1. The molecule has 182 valence electrons. The minimum atomic E-state index is -0.410. The van der Waals surface area contributed by atoms with E-state index in [4.69, 9.17) is 0 Å². The second kappa shape index (κ2) is 9.84. The van der Waals surface area contributed by atoms with E-state index in [1.54, 1.807) is 17.9 Å². The summed E-state index contributed by atoms with van der Waals surface area (Å²) < 4.78 is 4.14. The number of aryl methyl sites for hydroxylation is 3. The molecule has 0 aliphatic carbocycles. The van der Waals surface area contributed by atoms with Crippen molar-refractivity contribution in [1.82, 2.24) is 23.6 Å². The maximum atomic E-state index is 12.6. The van der Waals surface area contributed by atoms with Gasteiger partial charge in [-0.2, -0.15) is 0 Å². The summed E-state index contributed by atoms with van der Waals surface area (Å²) in [7, 11) is 3.04. The molecule has 0 radical (unpaired) electrons. The zero-order valence-corrected chi connectivity index (χ0v) is 20.4. The fraction of sp³-hybridized carbons (Fsp3) is 0.500. The molecular formula is C24H33N7O3. The number of carbonyl (C=O) groups is 1. The van der Waals surface area contributed by atoms with Gasteiger partial charge >= 0.3 is 5.69 Å². The number of imidazole rings is 1. The molecule has 1 saturated heterocycles. The lowest BCUT2D eigenvalue weighted by Gasteiger charge is -2.35. The van der Waals surface area contributed by atoms with Crippen LogP contribution in [0, 0.1) is 6.92 Å². The monoisotopic (exact) mass is 467 g/mol. The molecule has 1 N–H and O–H groups in total. The molecule has 1 fully saturated rings. The van der Waals surface area contributed by atoms with Gasteiger partial charge in [-0.05, 0) is 43.7 Å². The Bertz CT molecular complexity index is 1310. The van der Waals surface area contributed by atoms with Crippen molar-refractivity contribution in [1.29, 1.82) is 0 Å². The van der Waals surface area contributed by atoms with Crippen molar-refractivity contribution in [3.8, 4) is 0 Å². The molecule has 0 saturated carbocycles. The van der Waals surface area contributed by atoms with Gasteiger partial charge in [0.25, 0.3) is 5.56 Å². The van der Waals surface area contributed by atoms with E-state index in [9.17, 15) is 14.4 Å². The number of nitrogens with one attached hydrogen (secondary N) is 1. The maximum Gasteiger partial charge on any atom is 0.332 e. The molecule has 0 spiro atoms. The molecular weight excluding hydrogens is 434 g/mol. The van der Waals surface area contributed by atoms with E-state index in [1.165, 1.54) is 17.3 Å². The highest BCUT2D eigenvalue weighted by Crippen LogP contribution is 2.24. The standard InChI is InChI=1S/C24H33N7O3/c1-5-29-11-13-30(14-12-29)18-8-9-19(17(2)15-18)26-20(32)7-6-10-31-16-25-22-21(31)23(33)28(4)24(34)27(22)3/h8-9,15-16H,5-7,10-14H2,1-4H3,(H,26,32). The van der Waals surface area contributed by atoms with Gasteiger partial charge in [-0.15, -0.1) is 0 Å². The number of piperazine rings is 1. The van der Waals surface area contributed by atoms with Gasteiger partial charge in [-0.1, -0.05) is 6.92 Å². The normalized spacial score (nSPS) is 14.6. The Labute approximate surface area is 198 Å². The first-order valence-corrected chi connectivity index (χ1v) is 11.8. The highest BCUT2D eigenvalue weighted by Gasteiger charge is 2.17. The number of amides is 1. The van der Waals surface area contributed by atoms with Crippen LogP contribution < -0.4 is 21.5 Å². The summed E-state index contributed by atoms with van der Waals surface area (Å²) in [6, 6.07) is 6.18. The maximum absolute atomic E-state index is 12.6. The number of aromatic nitrogens is 4. The van der Waals surface area contributed by atoms with Gasteiger partial charge in [0.1, 0.15) is 0 Å². The fourth-order valence-electron chi connectivity index (χ4n) is 4.50. The predicted octanol–water partition coefficient (Wildman–Crippen LogP) is 1.30. The number of rotatable bonds is 7. The summed E-state index contributed by atoms with van der Waals surface area (Å²) in [6.45, 7) is 9.92. The number of anilines is 2. The molecule has 10 nitrogen and oxygen atoms in total. The summed E-state index contributed by atoms with van der Waals surface area (Å²) >= 11 is 0. The average Bonchev–Trinajstić information content (AvgIpc) is 3.27. The van der Waals surface area contributed by atoms with Gasteiger partial charge in [0.15, 0.2) is 11.2 Å². The minimum absolute atomic E-state index is 0.0721. The molecule has 0 atom stereocenters. The molecule has 10 heteroatoms. The van der Waals surface area contributed by atoms with Crippen LogP contribution in [-0.2, 0) is 25.4 Å². The van der Waals surface area contributed by atoms with Crippen LogP contribution in [0.1, 0.15) is 25.3 Å². The first-order valence-electron chi connectivity index (χ1n) is 11.8. The summed E-state index contributed by atoms with van der Waals surface area (Å²) in [5.41, 5.74) is 2.97. The van der Waals surface area contributed by atoms with Crippen molar-refractivity contribution >= 4 is 28.4 Å². The van der Waals surface area contributed by atoms with Crippen LogP contribution in [-0.4, -0.2) is 62.2 Å². The van der Waals surface area contributed by atoms with Gasteiger partial charge in [0, 0.05) is 64.6 Å². The number of hydrogen-bond donors (Lipinski definition) is 1. The van der Waals surface area contributed by atoms with E-state index in [0.717, 1.165) is 48.5 Å². The molecule has 34 heavy (non-hydrogen) atoms. The highest BCUT2D eigenvalue weighted by atomic mass is 16.2. The molecule has 3 heterocycles. The second-order valence-electron chi connectivity index (χ2n) is 8.89. The highest BCUT2D eigenvalue weighted by molar-refractivity contribution is 5.91. The second-order valence-corrected chi connectivity index (χ2v) is 8.89. The third-order valence-electron chi connectivity index (χ3n) is 6.69. The topological polar surface area (TPSA) is 97.4 Å². The largest absolute Gasteiger partial charge is 0.369 e. The Balaban J connectivity index is 1.35. The van der Waals surface area contributed by atoms with Gasteiger partial charge in [0.2, 0.25) is 5.91 Å². The Hall–Kier alpha value is -3.40. The number of benzene rings is 1. The fourth-order valence-corrected chi connectivity index (χ4v) is 4.50. The molecule has 1 aromatic carbocycles. The SMILES string of the molecule is CCN1CCN(c2ccc(NC(=O)CCCn3cnc4c3c(=O)n(C)c(=O)n4C)c(C)c2)CC1. The van der Waals surface area contributed by atoms with Crippen molar-refractivity contribution in [3.63, 3.8) is 0 Å². The Morgan fingerprint density at radius 1 is 1.09 bits per heavy atom. The smallest absolute Gasteiger partial charge is 0.332 e. The van der Waals surface area contributed by atoms with Gasteiger partial charge in [-0.25, -0.2) is 9.78 Å². The van der Waals surface area contributed by atoms with E-state index in [0.29, 0.717) is 30.6 Å². The van der Waals surface area contributed by atoms with E-state index in [2.05, 4.69) is 39.2 Å². The van der Waals surface area contributed by atoms with Crippen LogP contribution in [0.25, 0.3) is 11.2 Å². The van der Waals surface area contributed by atoms with E-state index >= 15 is 0 Å². The summed E-state index contributed by atoms with van der Waals surface area (Å²) in [4.78, 5) is 46.2. The Morgan fingerprint density at radius 3 is 2.50 bits per heavy atom. The van der Waals surface area contributed by atoms with Crippen molar-refractivity contribution in [2.75, 3.05) is 42.9 Å². The molecule has 1 amide bonds.